The summed E-state index contributed by atoms with van der Waals surface area (Å²) in [6.07, 6.45) is 4.54. The van der Waals surface area contributed by atoms with Gasteiger partial charge in [-0.1, -0.05) is 12.1 Å². The third-order valence-corrected chi connectivity index (χ3v) is 6.94. The smallest absolute Gasteiger partial charge is 0.265 e. The molecule has 4 heterocycles. The second kappa shape index (κ2) is 9.63. The summed E-state index contributed by atoms with van der Waals surface area (Å²) >= 11 is 0. The van der Waals surface area contributed by atoms with Crippen LogP contribution in [0.15, 0.2) is 48.9 Å². The molecular weight excluding hydrogens is 460 g/mol. The molecule has 0 radical (unpaired) electrons. The van der Waals surface area contributed by atoms with Crippen LogP contribution >= 0.6 is 0 Å². The predicted octanol–water partition coefficient (Wildman–Crippen LogP) is 5.11. The van der Waals surface area contributed by atoms with Crippen molar-refractivity contribution in [3.63, 3.8) is 0 Å². The van der Waals surface area contributed by atoms with Gasteiger partial charge in [-0.15, -0.1) is 0 Å². The maximum atomic E-state index is 13.8. The third kappa shape index (κ3) is 4.29. The summed E-state index contributed by atoms with van der Waals surface area (Å²) in [4.78, 5) is 18.5. The minimum Gasteiger partial charge on any atom is -0.342 e. The molecule has 1 aliphatic heterocycles. The molecule has 9 heteroatoms. The lowest BCUT2D eigenvalue weighted by atomic mass is 9.98. The van der Waals surface area contributed by atoms with E-state index in [4.69, 9.17) is 4.98 Å². The SMILES string of the molecule is Cc1ncc(-c2c(-c3ccc(C#N)cc3)nc(N3CCC(N(C)C)CC3)n3ccnc23)cc1C(F)F. The highest BCUT2D eigenvalue weighted by molar-refractivity contribution is 5.91. The predicted molar refractivity (Wildman–Crippen MR) is 135 cm³/mol. The molecule has 0 atom stereocenters. The number of imidazole rings is 1. The summed E-state index contributed by atoms with van der Waals surface area (Å²) < 4.78 is 29.5. The molecule has 36 heavy (non-hydrogen) atoms. The first-order valence-corrected chi connectivity index (χ1v) is 11.9. The zero-order valence-corrected chi connectivity index (χ0v) is 20.5. The number of pyridine rings is 1. The Labute approximate surface area is 208 Å². The summed E-state index contributed by atoms with van der Waals surface area (Å²) in [7, 11) is 4.21. The minimum absolute atomic E-state index is 0.113. The molecule has 0 saturated carbocycles. The van der Waals surface area contributed by atoms with Gasteiger partial charge in [0.15, 0.2) is 0 Å². The van der Waals surface area contributed by atoms with Crippen molar-refractivity contribution >= 4 is 11.6 Å². The molecule has 7 nitrogen and oxygen atoms in total. The molecule has 1 aliphatic rings. The molecular formula is C27H27F2N7. The molecule has 3 aromatic heterocycles. The number of alkyl halides is 2. The average Bonchev–Trinajstić information content (AvgIpc) is 3.38. The van der Waals surface area contributed by atoms with Gasteiger partial charge in [0.05, 0.1) is 22.9 Å². The van der Waals surface area contributed by atoms with Crippen molar-refractivity contribution < 1.29 is 8.78 Å². The highest BCUT2D eigenvalue weighted by Gasteiger charge is 2.26. The number of nitrogens with zero attached hydrogens (tertiary/aromatic N) is 7. The Morgan fingerprint density at radius 1 is 1.08 bits per heavy atom. The van der Waals surface area contributed by atoms with Crippen molar-refractivity contribution in [1.82, 2.24) is 24.3 Å². The van der Waals surface area contributed by atoms with E-state index in [1.807, 2.05) is 22.7 Å². The normalized spacial score (nSPS) is 14.7. The van der Waals surface area contributed by atoms with Gasteiger partial charge in [-0.05, 0) is 52.1 Å². The molecule has 0 unspecified atom stereocenters. The molecule has 0 N–H and O–H groups in total. The first-order valence-electron chi connectivity index (χ1n) is 11.9. The number of benzene rings is 1. The quantitative estimate of drug-likeness (QED) is 0.390. The topological polar surface area (TPSA) is 73.4 Å². The van der Waals surface area contributed by atoms with Crippen molar-refractivity contribution in [2.24, 2.45) is 0 Å². The molecule has 0 amide bonds. The molecule has 0 bridgehead atoms. The van der Waals surface area contributed by atoms with E-state index in [9.17, 15) is 14.0 Å². The Hall–Kier alpha value is -3.90. The van der Waals surface area contributed by atoms with Gasteiger partial charge in [0.1, 0.15) is 5.65 Å². The minimum atomic E-state index is -2.64. The molecule has 0 spiro atoms. The van der Waals surface area contributed by atoms with Crippen molar-refractivity contribution in [2.45, 2.75) is 32.2 Å². The van der Waals surface area contributed by atoms with E-state index in [-0.39, 0.29) is 5.56 Å². The van der Waals surface area contributed by atoms with Gasteiger partial charge < -0.3 is 9.80 Å². The maximum absolute atomic E-state index is 13.8. The van der Waals surface area contributed by atoms with Gasteiger partial charge in [0.2, 0.25) is 5.95 Å². The first kappa shape index (κ1) is 23.8. The van der Waals surface area contributed by atoms with Gasteiger partial charge in [-0.25, -0.2) is 18.7 Å². The van der Waals surface area contributed by atoms with Crippen LogP contribution in [0.2, 0.25) is 0 Å². The summed E-state index contributed by atoms with van der Waals surface area (Å²) in [6, 6.07) is 11.3. The summed E-state index contributed by atoms with van der Waals surface area (Å²) in [6.45, 7) is 3.27. The Morgan fingerprint density at radius 3 is 2.44 bits per heavy atom. The van der Waals surface area contributed by atoms with E-state index in [1.54, 1.807) is 31.5 Å². The first-order chi connectivity index (χ1) is 17.4. The Kier molecular flexibility index (Phi) is 6.37. The van der Waals surface area contributed by atoms with Gasteiger partial charge >= 0.3 is 0 Å². The third-order valence-electron chi connectivity index (χ3n) is 6.94. The van der Waals surface area contributed by atoms with Crippen LogP contribution < -0.4 is 4.90 Å². The van der Waals surface area contributed by atoms with Crippen molar-refractivity contribution in [3.05, 3.63) is 65.7 Å². The summed E-state index contributed by atoms with van der Waals surface area (Å²) in [5, 5.41) is 9.26. The monoisotopic (exact) mass is 487 g/mol. The van der Waals surface area contributed by atoms with Crippen LogP contribution in [0.5, 0.6) is 0 Å². The van der Waals surface area contributed by atoms with Crippen LogP contribution in [0, 0.1) is 18.3 Å². The number of hydrogen-bond acceptors (Lipinski definition) is 6. The van der Waals surface area contributed by atoms with Crippen LogP contribution in [0.4, 0.5) is 14.7 Å². The number of fused-ring (bicyclic) bond motifs is 1. The zero-order chi connectivity index (χ0) is 25.4. The van der Waals surface area contributed by atoms with Gasteiger partial charge in [-0.3, -0.25) is 9.38 Å². The zero-order valence-electron chi connectivity index (χ0n) is 20.5. The highest BCUT2D eigenvalue weighted by Crippen LogP contribution is 2.38. The number of aromatic nitrogens is 4. The van der Waals surface area contributed by atoms with Gasteiger partial charge in [0.25, 0.3) is 6.43 Å². The number of aryl methyl sites for hydroxylation is 1. The Morgan fingerprint density at radius 2 is 1.81 bits per heavy atom. The number of hydrogen-bond donors (Lipinski definition) is 0. The second-order valence-electron chi connectivity index (χ2n) is 9.33. The number of nitriles is 1. The van der Waals surface area contributed by atoms with Crippen molar-refractivity contribution in [3.8, 4) is 28.5 Å². The van der Waals surface area contributed by atoms with E-state index in [0.717, 1.165) is 37.4 Å². The van der Waals surface area contributed by atoms with Gasteiger partial charge in [-0.2, -0.15) is 5.26 Å². The lowest BCUT2D eigenvalue weighted by Crippen LogP contribution is -2.43. The van der Waals surface area contributed by atoms with E-state index in [0.29, 0.717) is 39.8 Å². The van der Waals surface area contributed by atoms with Crippen LogP contribution in [0.1, 0.15) is 36.1 Å². The number of anilines is 1. The second-order valence-corrected chi connectivity index (χ2v) is 9.33. The van der Waals surface area contributed by atoms with Crippen LogP contribution in [0.25, 0.3) is 28.0 Å². The Balaban J connectivity index is 1.72. The van der Waals surface area contributed by atoms with E-state index in [1.165, 1.54) is 6.07 Å². The average molecular weight is 488 g/mol. The van der Waals surface area contributed by atoms with Crippen LogP contribution in [-0.4, -0.2) is 57.5 Å². The van der Waals surface area contributed by atoms with Crippen molar-refractivity contribution in [1.29, 1.82) is 5.26 Å². The van der Waals surface area contributed by atoms with E-state index >= 15 is 0 Å². The maximum Gasteiger partial charge on any atom is 0.265 e. The standard InChI is InChI=1S/C27H27F2N7/c1-17-22(25(28)29)14-20(16-32-17)23-24(19-6-4-18(15-30)5-7-19)33-27(36-13-10-31-26(23)36)35-11-8-21(9-12-35)34(2)3/h4-7,10,13-14,16,21,25H,8-9,11-12H2,1-3H3. The van der Waals surface area contributed by atoms with Crippen molar-refractivity contribution in [2.75, 3.05) is 32.1 Å². The molecule has 1 saturated heterocycles. The fourth-order valence-electron chi connectivity index (χ4n) is 4.86. The molecule has 184 valence electrons. The molecule has 0 aliphatic carbocycles. The fourth-order valence-corrected chi connectivity index (χ4v) is 4.86. The van der Waals surface area contributed by atoms with E-state index in [2.05, 4.69) is 39.9 Å². The van der Waals surface area contributed by atoms with Crippen LogP contribution in [0.3, 0.4) is 0 Å². The molecule has 1 aromatic carbocycles. The number of rotatable bonds is 5. The fraction of sp³-hybridized carbons (Fsp3) is 0.333. The molecule has 5 rings (SSSR count). The lowest BCUT2D eigenvalue weighted by molar-refractivity contribution is 0.150. The molecule has 1 fully saturated rings. The summed E-state index contributed by atoms with van der Waals surface area (Å²) in [5.41, 5.74) is 3.89. The van der Waals surface area contributed by atoms with Crippen LogP contribution in [-0.2, 0) is 0 Å². The number of piperidine rings is 1. The van der Waals surface area contributed by atoms with E-state index < -0.39 is 6.43 Å². The highest BCUT2D eigenvalue weighted by atomic mass is 19.3. The summed E-state index contributed by atoms with van der Waals surface area (Å²) in [5.74, 6) is 0.761. The largest absolute Gasteiger partial charge is 0.342 e. The number of halogens is 2. The lowest BCUT2D eigenvalue weighted by Gasteiger charge is -2.36. The van der Waals surface area contributed by atoms with Gasteiger partial charge in [0, 0.05) is 60.1 Å². The molecule has 4 aromatic rings. The Bertz CT molecular complexity index is 1430.